The number of ether oxygens (including phenoxy) is 1. The average molecular weight is 371 g/mol. The van der Waals surface area contributed by atoms with E-state index in [1.807, 2.05) is 13.8 Å². The van der Waals surface area contributed by atoms with E-state index < -0.39 is 0 Å². The molecule has 140 valence electrons. The van der Waals surface area contributed by atoms with Crippen molar-refractivity contribution < 1.29 is 9.13 Å². The molecule has 0 bridgehead atoms. The van der Waals surface area contributed by atoms with Crippen LogP contribution in [0.5, 0.6) is 0 Å². The highest BCUT2D eigenvalue weighted by atomic mass is 35.5. The molecule has 0 saturated carbocycles. The average Bonchev–Trinajstić information content (AvgIpc) is 2.57. The summed E-state index contributed by atoms with van der Waals surface area (Å²) >= 11 is 6.16. The van der Waals surface area contributed by atoms with Crippen LogP contribution in [0.2, 0.25) is 5.02 Å². The molecule has 1 heterocycles. The van der Waals surface area contributed by atoms with Crippen molar-refractivity contribution in [2.45, 2.75) is 25.7 Å². The monoisotopic (exact) mass is 370 g/mol. The van der Waals surface area contributed by atoms with E-state index in [1.54, 1.807) is 6.07 Å². The predicted octanol–water partition coefficient (Wildman–Crippen LogP) is 2.38. The largest absolute Gasteiger partial charge is 0.379 e. The summed E-state index contributed by atoms with van der Waals surface area (Å²) in [5, 5.41) is 3.56. The van der Waals surface area contributed by atoms with Gasteiger partial charge >= 0.3 is 0 Å². The van der Waals surface area contributed by atoms with Gasteiger partial charge < -0.3 is 15.8 Å². The molecule has 0 spiro atoms. The summed E-state index contributed by atoms with van der Waals surface area (Å²) in [6, 6.07) is 4.45. The maximum Gasteiger partial charge on any atom is 0.188 e. The van der Waals surface area contributed by atoms with E-state index in [2.05, 4.69) is 15.2 Å². The van der Waals surface area contributed by atoms with Crippen molar-refractivity contribution in [1.29, 1.82) is 0 Å². The zero-order valence-electron chi connectivity index (χ0n) is 15.0. The molecule has 0 aliphatic carbocycles. The number of rotatable bonds is 7. The molecular weight excluding hydrogens is 343 g/mol. The molecule has 2 rings (SSSR count). The van der Waals surface area contributed by atoms with Crippen LogP contribution in [-0.2, 0) is 10.2 Å². The Morgan fingerprint density at radius 2 is 2.12 bits per heavy atom. The van der Waals surface area contributed by atoms with E-state index in [0.717, 1.165) is 51.4 Å². The van der Waals surface area contributed by atoms with Gasteiger partial charge in [0.1, 0.15) is 5.82 Å². The second-order valence-electron chi connectivity index (χ2n) is 6.94. The van der Waals surface area contributed by atoms with Crippen LogP contribution >= 0.6 is 11.6 Å². The van der Waals surface area contributed by atoms with Gasteiger partial charge in [-0.05, 0) is 30.7 Å². The van der Waals surface area contributed by atoms with Crippen LogP contribution in [0.15, 0.2) is 23.2 Å². The Hall–Kier alpha value is -1.37. The number of guanidine groups is 1. The molecule has 5 nitrogen and oxygen atoms in total. The minimum atomic E-state index is -0.338. The number of hydrogen-bond acceptors (Lipinski definition) is 3. The van der Waals surface area contributed by atoms with Crippen molar-refractivity contribution in [3.63, 3.8) is 0 Å². The lowest BCUT2D eigenvalue weighted by atomic mass is 9.84. The number of nitrogens with two attached hydrogens (primary N) is 1. The summed E-state index contributed by atoms with van der Waals surface area (Å²) in [6.45, 7) is 9.94. The molecule has 0 unspecified atom stereocenters. The quantitative estimate of drug-likeness (QED) is 0.439. The molecule has 1 aliphatic rings. The van der Waals surface area contributed by atoms with Gasteiger partial charge in [-0.25, -0.2) is 4.39 Å². The van der Waals surface area contributed by atoms with Gasteiger partial charge in [-0.15, -0.1) is 0 Å². The van der Waals surface area contributed by atoms with E-state index in [1.165, 1.54) is 12.1 Å². The highest BCUT2D eigenvalue weighted by Crippen LogP contribution is 2.30. The summed E-state index contributed by atoms with van der Waals surface area (Å²) in [6.07, 6.45) is 1.00. The molecule has 0 aromatic heterocycles. The lowest BCUT2D eigenvalue weighted by molar-refractivity contribution is 0.0376. The maximum absolute atomic E-state index is 13.2. The third kappa shape index (κ3) is 6.45. The van der Waals surface area contributed by atoms with Crippen molar-refractivity contribution in [3.8, 4) is 0 Å². The van der Waals surface area contributed by atoms with E-state index in [9.17, 15) is 4.39 Å². The van der Waals surface area contributed by atoms with Gasteiger partial charge in [0.25, 0.3) is 0 Å². The van der Waals surface area contributed by atoms with E-state index in [4.69, 9.17) is 22.1 Å². The maximum atomic E-state index is 13.2. The van der Waals surface area contributed by atoms with Crippen molar-refractivity contribution in [2.75, 3.05) is 45.9 Å². The summed E-state index contributed by atoms with van der Waals surface area (Å²) in [7, 11) is 0. The Bertz CT molecular complexity index is 588. The number of morpholine rings is 1. The molecular formula is C18H28ClFN4O. The highest BCUT2D eigenvalue weighted by Gasteiger charge is 2.23. The third-order valence-electron chi connectivity index (χ3n) is 4.37. The summed E-state index contributed by atoms with van der Waals surface area (Å²) in [5.41, 5.74) is 6.48. The van der Waals surface area contributed by atoms with Crippen LogP contribution in [0.3, 0.4) is 0 Å². The minimum Gasteiger partial charge on any atom is -0.379 e. The number of nitrogens with zero attached hydrogens (tertiary/aromatic N) is 2. The normalized spacial score (nSPS) is 16.9. The Kier molecular flexibility index (Phi) is 7.47. The molecule has 0 atom stereocenters. The number of halogens is 2. The number of hydrogen-bond donors (Lipinski definition) is 2. The highest BCUT2D eigenvalue weighted by molar-refractivity contribution is 6.31. The molecule has 7 heteroatoms. The summed E-state index contributed by atoms with van der Waals surface area (Å²) in [5.74, 6) is 0.0859. The van der Waals surface area contributed by atoms with E-state index in [0.29, 0.717) is 17.5 Å². The Morgan fingerprint density at radius 3 is 2.80 bits per heavy atom. The fraction of sp³-hybridized carbons (Fsp3) is 0.611. The Morgan fingerprint density at radius 1 is 1.40 bits per heavy atom. The van der Waals surface area contributed by atoms with E-state index >= 15 is 0 Å². The van der Waals surface area contributed by atoms with Crippen LogP contribution in [-0.4, -0.2) is 56.8 Å². The number of benzene rings is 1. The molecule has 1 fully saturated rings. The van der Waals surface area contributed by atoms with Crippen LogP contribution in [0.4, 0.5) is 4.39 Å². The van der Waals surface area contributed by atoms with Gasteiger partial charge in [-0.3, -0.25) is 9.89 Å². The third-order valence-corrected chi connectivity index (χ3v) is 4.68. The lowest BCUT2D eigenvalue weighted by Crippen LogP contribution is -2.39. The lowest BCUT2D eigenvalue weighted by Gasteiger charge is -2.26. The van der Waals surface area contributed by atoms with Gasteiger partial charge in [-0.1, -0.05) is 31.5 Å². The van der Waals surface area contributed by atoms with Crippen molar-refractivity contribution in [3.05, 3.63) is 34.6 Å². The number of aliphatic imine (C=N–C) groups is 1. The first-order valence-electron chi connectivity index (χ1n) is 8.68. The van der Waals surface area contributed by atoms with E-state index in [-0.39, 0.29) is 11.2 Å². The van der Waals surface area contributed by atoms with Crippen LogP contribution in [0, 0.1) is 5.82 Å². The fourth-order valence-electron chi connectivity index (χ4n) is 2.81. The first-order valence-corrected chi connectivity index (χ1v) is 9.06. The predicted molar refractivity (Wildman–Crippen MR) is 101 cm³/mol. The molecule has 0 radical (unpaired) electrons. The van der Waals surface area contributed by atoms with Gasteiger partial charge in [-0.2, -0.15) is 0 Å². The van der Waals surface area contributed by atoms with Crippen molar-refractivity contribution >= 4 is 17.6 Å². The van der Waals surface area contributed by atoms with Gasteiger partial charge in [0.2, 0.25) is 0 Å². The van der Waals surface area contributed by atoms with Crippen LogP contribution in [0.1, 0.15) is 25.8 Å². The zero-order valence-corrected chi connectivity index (χ0v) is 15.8. The Labute approximate surface area is 154 Å². The molecule has 1 saturated heterocycles. The molecule has 0 amide bonds. The zero-order chi connectivity index (χ0) is 18.3. The SMILES string of the molecule is CC(C)(CN=C(N)NCCCN1CCOCC1)c1ccc(F)cc1Cl. The number of nitrogens with one attached hydrogen (secondary N) is 1. The molecule has 1 aromatic rings. The van der Waals surface area contributed by atoms with Crippen LogP contribution in [0.25, 0.3) is 0 Å². The molecule has 1 aromatic carbocycles. The second kappa shape index (κ2) is 9.36. The summed E-state index contributed by atoms with van der Waals surface area (Å²) in [4.78, 5) is 6.80. The molecule has 1 aliphatic heterocycles. The first kappa shape index (κ1) is 19.9. The van der Waals surface area contributed by atoms with Gasteiger partial charge in [0.15, 0.2) is 5.96 Å². The second-order valence-corrected chi connectivity index (χ2v) is 7.35. The topological polar surface area (TPSA) is 62.9 Å². The summed E-state index contributed by atoms with van der Waals surface area (Å²) < 4.78 is 18.5. The fourth-order valence-corrected chi connectivity index (χ4v) is 3.23. The smallest absolute Gasteiger partial charge is 0.188 e. The minimum absolute atomic E-state index is 0.328. The van der Waals surface area contributed by atoms with Gasteiger partial charge in [0.05, 0.1) is 19.8 Å². The van der Waals surface area contributed by atoms with Crippen LogP contribution < -0.4 is 11.1 Å². The first-order chi connectivity index (χ1) is 11.9. The standard InChI is InChI=1S/C18H28ClFN4O/c1-18(2,15-5-4-14(20)12-16(15)19)13-23-17(21)22-6-3-7-24-8-10-25-11-9-24/h4-5,12H,3,6-11,13H2,1-2H3,(H3,21,22,23). The van der Waals surface area contributed by atoms with Gasteiger partial charge in [0, 0.05) is 30.1 Å². The molecule has 3 N–H and O–H groups in total. The molecule has 25 heavy (non-hydrogen) atoms. The van der Waals surface area contributed by atoms with Crippen molar-refractivity contribution in [2.24, 2.45) is 10.7 Å². The Balaban J connectivity index is 1.77. The van der Waals surface area contributed by atoms with Crippen molar-refractivity contribution in [1.82, 2.24) is 10.2 Å².